The van der Waals surface area contributed by atoms with Crippen LogP contribution in [0.15, 0.2) is 36.7 Å². The van der Waals surface area contributed by atoms with Gasteiger partial charge in [0.15, 0.2) is 11.6 Å². The van der Waals surface area contributed by atoms with E-state index in [9.17, 15) is 22.8 Å². The van der Waals surface area contributed by atoms with Gasteiger partial charge < -0.3 is 15.4 Å². The van der Waals surface area contributed by atoms with E-state index in [1.807, 2.05) is 0 Å². The highest BCUT2D eigenvalue weighted by molar-refractivity contribution is 6.33. The smallest absolute Gasteiger partial charge is 0.289 e. The predicted molar refractivity (Wildman–Crippen MR) is 102 cm³/mol. The van der Waals surface area contributed by atoms with Gasteiger partial charge in [-0.2, -0.15) is 0 Å². The Labute approximate surface area is 177 Å². The van der Waals surface area contributed by atoms with E-state index in [4.69, 9.17) is 16.3 Å². The van der Waals surface area contributed by atoms with Crippen LogP contribution < -0.4 is 15.4 Å². The van der Waals surface area contributed by atoms with Crippen LogP contribution in [0.4, 0.5) is 19.0 Å². The molecule has 1 aliphatic rings. The molecule has 0 fully saturated rings. The number of rotatable bonds is 3. The quantitative estimate of drug-likeness (QED) is 0.637. The third-order valence-electron chi connectivity index (χ3n) is 4.22. The molecule has 3 aromatic rings. The zero-order valence-electron chi connectivity index (χ0n) is 15.3. The van der Waals surface area contributed by atoms with Crippen molar-refractivity contribution in [3.63, 3.8) is 0 Å². The van der Waals surface area contributed by atoms with Gasteiger partial charge in [0.25, 0.3) is 11.8 Å². The van der Waals surface area contributed by atoms with Crippen molar-refractivity contribution in [1.29, 1.82) is 0 Å². The molecule has 158 valence electrons. The van der Waals surface area contributed by atoms with Gasteiger partial charge in [-0.1, -0.05) is 11.6 Å². The van der Waals surface area contributed by atoms with E-state index >= 15 is 0 Å². The van der Waals surface area contributed by atoms with Crippen LogP contribution in [-0.2, 0) is 4.79 Å². The van der Waals surface area contributed by atoms with Gasteiger partial charge in [-0.25, -0.2) is 28.1 Å². The fourth-order valence-electron chi connectivity index (χ4n) is 2.75. The second-order valence-corrected chi connectivity index (χ2v) is 6.75. The fourth-order valence-corrected chi connectivity index (χ4v) is 2.95. The molecule has 31 heavy (non-hydrogen) atoms. The van der Waals surface area contributed by atoms with E-state index in [2.05, 4.69) is 25.6 Å². The Balaban J connectivity index is 1.56. The maximum atomic E-state index is 14.1. The molecule has 1 atom stereocenters. The summed E-state index contributed by atoms with van der Waals surface area (Å²) in [5, 5.41) is 4.72. The van der Waals surface area contributed by atoms with Crippen LogP contribution in [0, 0.1) is 17.5 Å². The molecule has 0 saturated carbocycles. The number of amides is 2. The van der Waals surface area contributed by atoms with E-state index < -0.39 is 41.1 Å². The first-order valence-electron chi connectivity index (χ1n) is 8.70. The summed E-state index contributed by atoms with van der Waals surface area (Å²) in [5.74, 6) is -4.34. The Kier molecular flexibility index (Phi) is 5.42. The molecule has 0 radical (unpaired) electrons. The minimum Gasteiger partial charge on any atom is -0.487 e. The van der Waals surface area contributed by atoms with Crippen molar-refractivity contribution >= 4 is 29.2 Å². The molecule has 0 spiro atoms. The molecule has 8 nitrogen and oxygen atoms in total. The summed E-state index contributed by atoms with van der Waals surface area (Å²) in [5.41, 5.74) is -0.269. The van der Waals surface area contributed by atoms with Crippen molar-refractivity contribution in [2.24, 2.45) is 0 Å². The van der Waals surface area contributed by atoms with Gasteiger partial charge >= 0.3 is 0 Å². The average Bonchev–Trinajstić information content (AvgIpc) is 2.87. The lowest BCUT2D eigenvalue weighted by atomic mass is 10.1. The third kappa shape index (κ3) is 4.26. The van der Waals surface area contributed by atoms with Crippen LogP contribution >= 0.6 is 11.6 Å². The largest absolute Gasteiger partial charge is 0.487 e. The third-order valence-corrected chi connectivity index (χ3v) is 4.50. The second kappa shape index (κ2) is 8.19. The number of benzene rings is 1. The number of aromatic nitrogens is 3. The average molecular weight is 450 g/mol. The number of anilines is 1. The van der Waals surface area contributed by atoms with Gasteiger partial charge in [-0.05, 0) is 12.1 Å². The summed E-state index contributed by atoms with van der Waals surface area (Å²) in [6, 6.07) is 2.64. The Morgan fingerprint density at radius 3 is 2.74 bits per heavy atom. The number of carbonyl (C=O) groups excluding carboxylic acids is 2. The Morgan fingerprint density at radius 2 is 1.97 bits per heavy atom. The van der Waals surface area contributed by atoms with E-state index in [-0.39, 0.29) is 34.5 Å². The molecular formula is C19H11ClF3N5O3. The molecule has 1 aliphatic heterocycles. The first-order valence-corrected chi connectivity index (χ1v) is 9.07. The molecular weight excluding hydrogens is 439 g/mol. The number of hydrogen-bond donors (Lipinski definition) is 2. The minimum absolute atomic E-state index is 0.0000341. The Bertz CT molecular complexity index is 1210. The van der Waals surface area contributed by atoms with Gasteiger partial charge in [-0.3, -0.25) is 9.59 Å². The number of nitrogens with zero attached hydrogens (tertiary/aromatic N) is 3. The highest BCUT2D eigenvalue weighted by Crippen LogP contribution is 2.28. The number of hydrogen-bond acceptors (Lipinski definition) is 6. The molecule has 2 amide bonds. The second-order valence-electron chi connectivity index (χ2n) is 6.34. The molecule has 0 bridgehead atoms. The fraction of sp³-hybridized carbons (Fsp3) is 0.105. The number of carbonyl (C=O) groups is 2. The highest BCUT2D eigenvalue weighted by Gasteiger charge is 2.28. The molecule has 1 aromatic carbocycles. The van der Waals surface area contributed by atoms with Crippen molar-refractivity contribution in [1.82, 2.24) is 20.3 Å². The number of halogens is 4. The van der Waals surface area contributed by atoms with Crippen LogP contribution in [0.3, 0.4) is 0 Å². The van der Waals surface area contributed by atoms with Gasteiger partial charge in [0.2, 0.25) is 5.82 Å². The van der Waals surface area contributed by atoms with Crippen molar-refractivity contribution in [3.05, 3.63) is 65.0 Å². The van der Waals surface area contributed by atoms with Crippen molar-refractivity contribution in [3.8, 4) is 17.0 Å². The Morgan fingerprint density at radius 1 is 1.16 bits per heavy atom. The van der Waals surface area contributed by atoms with Gasteiger partial charge in [0.05, 0.1) is 23.1 Å². The topological polar surface area (TPSA) is 106 Å². The minimum atomic E-state index is -1.19. The number of pyridine rings is 1. The monoisotopic (exact) mass is 449 g/mol. The molecule has 2 aromatic heterocycles. The first kappa shape index (κ1) is 20.5. The molecule has 4 rings (SSSR count). The van der Waals surface area contributed by atoms with Crippen LogP contribution in [-0.4, -0.2) is 39.4 Å². The summed E-state index contributed by atoms with van der Waals surface area (Å²) < 4.78 is 45.9. The summed E-state index contributed by atoms with van der Waals surface area (Å²) >= 11 is 6.01. The highest BCUT2D eigenvalue weighted by atomic mass is 35.5. The number of fused-ring (bicyclic) bond motifs is 1. The lowest BCUT2D eigenvalue weighted by Gasteiger charge is -2.14. The van der Waals surface area contributed by atoms with Crippen molar-refractivity contribution in [2.45, 2.75) is 6.04 Å². The molecule has 0 aliphatic carbocycles. The molecule has 12 heteroatoms. The summed E-state index contributed by atoms with van der Waals surface area (Å²) in [7, 11) is 0. The molecule has 0 saturated heterocycles. The first-order chi connectivity index (χ1) is 14.8. The van der Waals surface area contributed by atoms with E-state index in [1.165, 1.54) is 0 Å². The van der Waals surface area contributed by atoms with Crippen LogP contribution in [0.5, 0.6) is 5.75 Å². The molecule has 2 N–H and O–H groups in total. The number of nitrogens with one attached hydrogen (secondary N) is 2. The Hall–Kier alpha value is -3.73. The normalized spacial score (nSPS) is 15.4. The van der Waals surface area contributed by atoms with Crippen LogP contribution in [0.25, 0.3) is 11.3 Å². The van der Waals surface area contributed by atoms with Crippen molar-refractivity contribution < 1.29 is 27.5 Å². The zero-order valence-corrected chi connectivity index (χ0v) is 16.1. The lowest BCUT2D eigenvalue weighted by molar-refractivity contribution is -0.118. The summed E-state index contributed by atoms with van der Waals surface area (Å²) in [4.78, 5) is 36.4. The van der Waals surface area contributed by atoms with Crippen molar-refractivity contribution in [2.75, 3.05) is 11.9 Å². The maximum absolute atomic E-state index is 14.1. The zero-order chi connectivity index (χ0) is 22.1. The SMILES string of the molecule is O=C(NC1COc2cc(F)cnc2NC1=O)c1ncc(Cl)c(-c2ccc(F)cc2F)n1. The standard InChI is InChI=1S/C19H11ClF3N5O3/c20-11-6-25-17(27-15(11)10-2-1-8(21)3-12(10)23)19(30)26-13-7-31-14-4-9(22)5-24-16(14)28-18(13)29/h1-6,13H,7H2,(H,26,30)(H,24,28,29). The molecule has 1 unspecified atom stereocenters. The summed E-state index contributed by atoms with van der Waals surface area (Å²) in [6.07, 6.45) is 1.98. The van der Waals surface area contributed by atoms with E-state index in [0.29, 0.717) is 6.07 Å². The molecule has 3 heterocycles. The van der Waals surface area contributed by atoms with E-state index in [1.54, 1.807) is 0 Å². The van der Waals surface area contributed by atoms with Gasteiger partial charge in [-0.15, -0.1) is 0 Å². The maximum Gasteiger partial charge on any atom is 0.289 e. The van der Waals surface area contributed by atoms with Gasteiger partial charge in [0, 0.05) is 17.7 Å². The summed E-state index contributed by atoms with van der Waals surface area (Å²) in [6.45, 7) is -0.317. The number of ether oxygens (including phenoxy) is 1. The van der Waals surface area contributed by atoms with Crippen LogP contribution in [0.1, 0.15) is 10.6 Å². The van der Waals surface area contributed by atoms with Gasteiger partial charge in [0.1, 0.15) is 30.1 Å². The van der Waals surface area contributed by atoms with E-state index in [0.717, 1.165) is 30.6 Å². The lowest BCUT2D eigenvalue weighted by Crippen LogP contribution is -2.46. The predicted octanol–water partition coefficient (Wildman–Crippen LogP) is 2.74. The van der Waals surface area contributed by atoms with Crippen LogP contribution in [0.2, 0.25) is 5.02 Å².